The van der Waals surface area contributed by atoms with Crippen LogP contribution < -0.4 is 22.1 Å². The molecule has 1 saturated carbocycles. The molecule has 4 aliphatic rings. The Labute approximate surface area is 234 Å². The number of piperazine rings is 1. The summed E-state index contributed by atoms with van der Waals surface area (Å²) in [5.41, 5.74) is 7.37. The molecule has 4 fully saturated rings. The van der Waals surface area contributed by atoms with Gasteiger partial charge in [0.15, 0.2) is 0 Å². The van der Waals surface area contributed by atoms with E-state index in [4.69, 9.17) is 5.73 Å². The quantitative estimate of drug-likeness (QED) is 0.465. The van der Waals surface area contributed by atoms with Crippen molar-refractivity contribution in [3.63, 3.8) is 0 Å². The number of piperidine rings is 1. The van der Waals surface area contributed by atoms with Crippen molar-refractivity contribution in [2.45, 2.75) is 38.3 Å². The Bertz CT molecular complexity index is 1270. The van der Waals surface area contributed by atoms with Gasteiger partial charge in [-0.1, -0.05) is 12.1 Å². The van der Waals surface area contributed by atoms with Crippen LogP contribution >= 0.6 is 0 Å². The van der Waals surface area contributed by atoms with Gasteiger partial charge in [-0.05, 0) is 80.8 Å². The van der Waals surface area contributed by atoms with Crippen LogP contribution in [0.5, 0.6) is 0 Å². The number of nitrogens with two attached hydrogens (primary N) is 1. The van der Waals surface area contributed by atoms with E-state index in [2.05, 4.69) is 39.6 Å². The molecule has 11 heteroatoms. The highest BCUT2D eigenvalue weighted by Gasteiger charge is 2.55. The highest BCUT2D eigenvalue weighted by molar-refractivity contribution is 5.88. The topological polar surface area (TPSA) is 129 Å². The highest BCUT2D eigenvalue weighted by Crippen LogP contribution is 2.51. The molecule has 0 spiro atoms. The Balaban J connectivity index is 0.998. The minimum Gasteiger partial charge on any atom is -0.338 e. The number of benzene rings is 1. The highest BCUT2D eigenvalue weighted by atomic mass is 16.2. The van der Waals surface area contributed by atoms with Crippen LogP contribution in [0.3, 0.4) is 0 Å². The van der Waals surface area contributed by atoms with E-state index in [0.29, 0.717) is 32.2 Å². The number of carbonyl (C=O) groups excluding carboxylic acids is 2. The summed E-state index contributed by atoms with van der Waals surface area (Å²) in [5, 5.41) is 5.97. The van der Waals surface area contributed by atoms with E-state index in [1.165, 1.54) is 10.1 Å². The average molecular weight is 549 g/mol. The van der Waals surface area contributed by atoms with E-state index in [9.17, 15) is 14.4 Å². The Hall–Kier alpha value is -3.28. The second kappa shape index (κ2) is 11.3. The predicted molar refractivity (Wildman–Crippen MR) is 152 cm³/mol. The lowest BCUT2D eigenvalue weighted by atomic mass is 10.0. The van der Waals surface area contributed by atoms with Gasteiger partial charge in [0.2, 0.25) is 5.91 Å². The Morgan fingerprint density at radius 2 is 1.77 bits per heavy atom. The maximum atomic E-state index is 12.8. The number of urea groups is 1. The molecule has 4 heterocycles. The zero-order valence-electron chi connectivity index (χ0n) is 23.2. The molecule has 3 amide bonds. The molecule has 1 aromatic heterocycles. The smallest absolute Gasteiger partial charge is 0.338 e. The second-order valence-electron chi connectivity index (χ2n) is 11.8. The third kappa shape index (κ3) is 5.50. The van der Waals surface area contributed by atoms with E-state index < -0.39 is 5.69 Å². The predicted octanol–water partition coefficient (Wildman–Crippen LogP) is 0.728. The number of rotatable bonds is 7. The summed E-state index contributed by atoms with van der Waals surface area (Å²) < 4.78 is 1.48. The molecule has 40 heavy (non-hydrogen) atoms. The number of hydrogen-bond acceptors (Lipinski definition) is 7. The zero-order chi connectivity index (χ0) is 27.8. The number of carbonyl (C=O) groups is 2. The first kappa shape index (κ1) is 26.9. The Morgan fingerprint density at radius 3 is 2.40 bits per heavy atom. The monoisotopic (exact) mass is 548 g/mol. The molecule has 214 valence electrons. The third-order valence-corrected chi connectivity index (χ3v) is 9.32. The lowest BCUT2D eigenvalue weighted by Gasteiger charge is -2.35. The van der Waals surface area contributed by atoms with Gasteiger partial charge in [-0.2, -0.15) is 4.98 Å². The van der Waals surface area contributed by atoms with Crippen LogP contribution in [-0.4, -0.2) is 101 Å². The molecule has 0 radical (unpaired) electrons. The molecule has 3 aliphatic heterocycles. The van der Waals surface area contributed by atoms with Crippen molar-refractivity contribution < 1.29 is 9.59 Å². The van der Waals surface area contributed by atoms with Gasteiger partial charge in [0, 0.05) is 51.5 Å². The number of nitrogens with zero attached hydrogens (tertiary/aromatic N) is 5. The number of nitrogens with one attached hydrogen (secondary N) is 2. The second-order valence-corrected chi connectivity index (χ2v) is 11.8. The summed E-state index contributed by atoms with van der Waals surface area (Å²) in [4.78, 5) is 48.3. The van der Waals surface area contributed by atoms with Crippen molar-refractivity contribution in [3.8, 4) is 5.69 Å². The van der Waals surface area contributed by atoms with Crippen LogP contribution in [0.1, 0.15) is 25.3 Å². The summed E-state index contributed by atoms with van der Waals surface area (Å²) >= 11 is 0. The van der Waals surface area contributed by atoms with Crippen LogP contribution in [0.15, 0.2) is 41.3 Å². The van der Waals surface area contributed by atoms with Gasteiger partial charge >= 0.3 is 11.7 Å². The van der Waals surface area contributed by atoms with E-state index >= 15 is 0 Å². The summed E-state index contributed by atoms with van der Waals surface area (Å²) in [6.07, 6.45) is 4.49. The number of amides is 3. The molecule has 1 aliphatic carbocycles. The van der Waals surface area contributed by atoms with Crippen LogP contribution in [0.25, 0.3) is 5.69 Å². The maximum absolute atomic E-state index is 12.8. The molecule has 6 rings (SSSR count). The van der Waals surface area contributed by atoms with Crippen LogP contribution in [-0.2, 0) is 11.2 Å². The fourth-order valence-corrected chi connectivity index (χ4v) is 6.76. The minimum absolute atomic E-state index is 0.0961. The van der Waals surface area contributed by atoms with Gasteiger partial charge in [-0.15, -0.1) is 0 Å². The summed E-state index contributed by atoms with van der Waals surface area (Å²) in [7, 11) is 0. The lowest BCUT2D eigenvalue weighted by molar-refractivity contribution is -0.134. The Morgan fingerprint density at radius 1 is 1.07 bits per heavy atom. The van der Waals surface area contributed by atoms with Crippen molar-refractivity contribution in [1.29, 1.82) is 0 Å². The van der Waals surface area contributed by atoms with Gasteiger partial charge in [-0.3, -0.25) is 19.6 Å². The third-order valence-electron chi connectivity index (χ3n) is 9.32. The van der Waals surface area contributed by atoms with Gasteiger partial charge in [0.1, 0.15) is 5.82 Å². The van der Waals surface area contributed by atoms with Crippen molar-refractivity contribution in [1.82, 2.24) is 29.6 Å². The van der Waals surface area contributed by atoms with Gasteiger partial charge in [0.25, 0.3) is 0 Å². The molecule has 4 N–H and O–H groups in total. The van der Waals surface area contributed by atoms with E-state index in [1.807, 2.05) is 17.0 Å². The zero-order valence-corrected chi connectivity index (χ0v) is 23.2. The maximum Gasteiger partial charge on any atom is 0.354 e. The summed E-state index contributed by atoms with van der Waals surface area (Å²) in [5.74, 6) is 2.66. The van der Waals surface area contributed by atoms with Crippen molar-refractivity contribution >= 4 is 17.8 Å². The van der Waals surface area contributed by atoms with Crippen molar-refractivity contribution in [2.24, 2.45) is 23.5 Å². The number of anilines is 1. The molecule has 5 atom stereocenters. The van der Waals surface area contributed by atoms with E-state index in [1.54, 1.807) is 17.2 Å². The Kier molecular flexibility index (Phi) is 7.61. The molecular weight excluding hydrogens is 508 g/mol. The van der Waals surface area contributed by atoms with Crippen molar-refractivity contribution in [3.05, 3.63) is 52.6 Å². The standard InChI is InChI=1S/C29H40N8O3/c1-19(36-17-23-22(16-30)24(23)18-36)15-20-4-6-21(7-5-20)37-10-8-26(33-29(37)40)32-28(39)35-13-11-34(12-14-35)27(38)25-3-2-9-31-25/h4-8,10,19,22-25,31H,2-3,9,11-18,30H2,1H3,(H,32,33,39,40)/t19?,22?,23-,24+,25-/m0/s1. The molecule has 11 nitrogen and oxygen atoms in total. The molecule has 2 unspecified atom stereocenters. The van der Waals surface area contributed by atoms with Gasteiger partial charge < -0.3 is 20.9 Å². The van der Waals surface area contributed by atoms with E-state index in [0.717, 1.165) is 68.9 Å². The minimum atomic E-state index is -0.454. The fourth-order valence-electron chi connectivity index (χ4n) is 6.76. The van der Waals surface area contributed by atoms with Gasteiger partial charge in [0.05, 0.1) is 11.7 Å². The summed E-state index contributed by atoms with van der Waals surface area (Å²) in [6.45, 7) is 8.19. The SMILES string of the molecule is CC(Cc1ccc(-n2ccc(NC(=O)N3CCN(C(=O)[C@@H]4CCCN4)CC3)nc2=O)cc1)N1C[C@@H]2C(CN)[C@@H]2C1. The fraction of sp³-hybridized carbons (Fsp3) is 0.586. The molecule has 0 bridgehead atoms. The number of aromatic nitrogens is 2. The number of likely N-dealkylation sites (tertiary alicyclic amines) is 1. The number of hydrogen-bond donors (Lipinski definition) is 3. The van der Waals surface area contributed by atoms with Crippen LogP contribution in [0.2, 0.25) is 0 Å². The molecule has 1 aromatic carbocycles. The molecule has 2 aromatic rings. The number of fused-ring (bicyclic) bond motifs is 1. The summed E-state index contributed by atoms with van der Waals surface area (Å²) in [6, 6.07) is 9.71. The average Bonchev–Trinajstić information content (AvgIpc) is 3.33. The first-order chi connectivity index (χ1) is 19.4. The van der Waals surface area contributed by atoms with Gasteiger partial charge in [-0.25, -0.2) is 9.59 Å². The first-order valence-electron chi connectivity index (χ1n) is 14.6. The largest absolute Gasteiger partial charge is 0.354 e. The lowest BCUT2D eigenvalue weighted by Crippen LogP contribution is -2.55. The van der Waals surface area contributed by atoms with Crippen LogP contribution in [0, 0.1) is 17.8 Å². The van der Waals surface area contributed by atoms with Crippen LogP contribution in [0.4, 0.5) is 10.6 Å². The first-order valence-corrected chi connectivity index (χ1v) is 14.6. The molecule has 3 saturated heterocycles. The normalized spacial score (nSPS) is 26.9. The molecular formula is C29H40N8O3. The van der Waals surface area contributed by atoms with Crippen molar-refractivity contribution in [2.75, 3.05) is 57.7 Å². The van der Waals surface area contributed by atoms with E-state index in [-0.39, 0.29) is 23.8 Å².